The number of para-hydroxylation sites is 1. The predicted octanol–water partition coefficient (Wildman–Crippen LogP) is 2.51. The van der Waals surface area contributed by atoms with Crippen molar-refractivity contribution in [3.05, 3.63) is 28.3 Å². The Labute approximate surface area is 107 Å². The lowest BCUT2D eigenvalue weighted by Gasteiger charge is -2.23. The second-order valence-corrected chi connectivity index (χ2v) is 4.01. The van der Waals surface area contributed by atoms with E-state index in [1.165, 1.54) is 0 Å². The average Bonchev–Trinajstić information content (AvgIpc) is 2.38. The van der Waals surface area contributed by atoms with Gasteiger partial charge in [0.25, 0.3) is 0 Å². The average molecular weight is 252 g/mol. The molecule has 0 aromatic heterocycles. The van der Waals surface area contributed by atoms with Crippen LogP contribution in [0.25, 0.3) is 0 Å². The van der Waals surface area contributed by atoms with Crippen LogP contribution in [0, 0.1) is 10.1 Å². The van der Waals surface area contributed by atoms with Gasteiger partial charge in [0.05, 0.1) is 4.92 Å². The maximum Gasteiger partial charge on any atom is 0.316 e. The topological polar surface area (TPSA) is 84.4 Å². The smallest absolute Gasteiger partial charge is 0.316 e. The lowest BCUT2D eigenvalue weighted by Crippen LogP contribution is -2.25. The second kappa shape index (κ2) is 6.80. The summed E-state index contributed by atoms with van der Waals surface area (Å²) in [6, 6.07) is 5.14. The van der Waals surface area contributed by atoms with Crippen LogP contribution in [0.1, 0.15) is 26.7 Å². The normalized spacial score (nSPS) is 10.2. The van der Waals surface area contributed by atoms with Gasteiger partial charge in [0, 0.05) is 13.1 Å². The van der Waals surface area contributed by atoms with Crippen molar-refractivity contribution in [1.29, 1.82) is 0 Å². The van der Waals surface area contributed by atoms with Gasteiger partial charge in [-0.25, -0.2) is 0 Å². The summed E-state index contributed by atoms with van der Waals surface area (Å²) in [5.74, 6) is 5.33. The van der Waals surface area contributed by atoms with E-state index >= 15 is 0 Å². The summed E-state index contributed by atoms with van der Waals surface area (Å²) in [5.41, 5.74) is 3.38. The van der Waals surface area contributed by atoms with Crippen LogP contribution in [-0.4, -0.2) is 18.0 Å². The van der Waals surface area contributed by atoms with Gasteiger partial charge in [-0.3, -0.25) is 16.0 Å². The zero-order valence-corrected chi connectivity index (χ0v) is 10.8. The molecular weight excluding hydrogens is 232 g/mol. The molecule has 0 saturated carbocycles. The first-order valence-electron chi connectivity index (χ1n) is 6.14. The number of nitrogen functional groups attached to an aromatic ring is 1. The number of benzene rings is 1. The van der Waals surface area contributed by atoms with Crippen molar-refractivity contribution in [1.82, 2.24) is 0 Å². The monoisotopic (exact) mass is 252 g/mol. The fourth-order valence-electron chi connectivity index (χ4n) is 1.89. The predicted molar refractivity (Wildman–Crippen MR) is 73.7 cm³/mol. The Hall–Kier alpha value is -1.82. The molecule has 0 aliphatic heterocycles. The SMILES string of the molecule is CCCCN(CC)c1cccc(NN)c1[N+](=O)[O-]. The van der Waals surface area contributed by atoms with Gasteiger partial charge in [-0.1, -0.05) is 19.4 Å². The number of rotatable bonds is 7. The maximum absolute atomic E-state index is 11.2. The first kappa shape index (κ1) is 14.2. The Morgan fingerprint density at radius 1 is 1.44 bits per heavy atom. The van der Waals surface area contributed by atoms with E-state index in [1.54, 1.807) is 18.2 Å². The molecule has 6 heteroatoms. The molecule has 6 nitrogen and oxygen atoms in total. The number of unbranched alkanes of at least 4 members (excludes halogenated alkanes) is 1. The third-order valence-corrected chi connectivity index (χ3v) is 2.86. The third-order valence-electron chi connectivity index (χ3n) is 2.86. The highest BCUT2D eigenvalue weighted by atomic mass is 16.6. The molecule has 0 unspecified atom stereocenters. The van der Waals surface area contributed by atoms with Crippen LogP contribution in [0.5, 0.6) is 0 Å². The molecule has 0 bridgehead atoms. The van der Waals surface area contributed by atoms with Crippen LogP contribution in [0.15, 0.2) is 18.2 Å². The Balaban J connectivity index is 3.16. The molecule has 1 aromatic rings. The Morgan fingerprint density at radius 2 is 2.17 bits per heavy atom. The van der Waals surface area contributed by atoms with E-state index in [1.807, 2.05) is 11.8 Å². The van der Waals surface area contributed by atoms with E-state index in [4.69, 9.17) is 5.84 Å². The zero-order valence-electron chi connectivity index (χ0n) is 10.8. The van der Waals surface area contributed by atoms with Gasteiger partial charge in [0.15, 0.2) is 0 Å². The minimum atomic E-state index is -0.390. The summed E-state index contributed by atoms with van der Waals surface area (Å²) in [7, 11) is 0. The molecule has 0 aliphatic rings. The number of nitro groups is 1. The maximum atomic E-state index is 11.2. The summed E-state index contributed by atoms with van der Waals surface area (Å²) in [4.78, 5) is 12.8. The fourth-order valence-corrected chi connectivity index (χ4v) is 1.89. The van der Waals surface area contributed by atoms with E-state index < -0.39 is 0 Å². The second-order valence-electron chi connectivity index (χ2n) is 4.01. The number of anilines is 2. The van der Waals surface area contributed by atoms with E-state index in [-0.39, 0.29) is 10.6 Å². The standard InChI is InChI=1S/C12H20N4O2/c1-3-5-9-15(4-2)11-8-6-7-10(14-13)12(11)16(17)18/h6-8,14H,3-5,9,13H2,1-2H3. The van der Waals surface area contributed by atoms with Gasteiger partial charge in [-0.05, 0) is 25.5 Å². The Bertz CT molecular complexity index is 409. The van der Waals surface area contributed by atoms with Crippen LogP contribution in [0.4, 0.5) is 17.1 Å². The summed E-state index contributed by atoms with van der Waals surface area (Å²) in [5, 5.41) is 11.2. The molecule has 0 heterocycles. The molecular formula is C12H20N4O2. The lowest BCUT2D eigenvalue weighted by atomic mass is 10.2. The molecule has 0 spiro atoms. The van der Waals surface area contributed by atoms with Gasteiger partial charge < -0.3 is 10.3 Å². The number of nitro benzene ring substituents is 1. The van der Waals surface area contributed by atoms with Crippen molar-refractivity contribution in [2.45, 2.75) is 26.7 Å². The van der Waals surface area contributed by atoms with Crippen LogP contribution < -0.4 is 16.2 Å². The summed E-state index contributed by atoms with van der Waals surface area (Å²) >= 11 is 0. The highest BCUT2D eigenvalue weighted by Gasteiger charge is 2.22. The van der Waals surface area contributed by atoms with Crippen molar-refractivity contribution < 1.29 is 4.92 Å². The van der Waals surface area contributed by atoms with Crippen LogP contribution >= 0.6 is 0 Å². The number of hydrogen-bond donors (Lipinski definition) is 2. The molecule has 1 rings (SSSR count). The number of nitrogens with one attached hydrogen (secondary N) is 1. The lowest BCUT2D eigenvalue weighted by molar-refractivity contribution is -0.383. The molecule has 0 amide bonds. The molecule has 0 atom stereocenters. The molecule has 0 saturated heterocycles. The minimum Gasteiger partial charge on any atom is -0.366 e. The summed E-state index contributed by atoms with van der Waals surface area (Å²) in [6.07, 6.45) is 2.06. The minimum absolute atomic E-state index is 0.0398. The molecule has 1 aromatic carbocycles. The van der Waals surface area contributed by atoms with E-state index in [2.05, 4.69) is 12.3 Å². The quantitative estimate of drug-likeness (QED) is 0.442. The van der Waals surface area contributed by atoms with Gasteiger partial charge in [-0.2, -0.15) is 0 Å². The number of nitrogens with zero attached hydrogens (tertiary/aromatic N) is 2. The van der Waals surface area contributed by atoms with Crippen LogP contribution in [0.3, 0.4) is 0 Å². The summed E-state index contributed by atoms with van der Waals surface area (Å²) in [6.45, 7) is 5.62. The number of hydrogen-bond acceptors (Lipinski definition) is 5. The first-order valence-corrected chi connectivity index (χ1v) is 6.14. The van der Waals surface area contributed by atoms with E-state index in [0.717, 1.165) is 25.9 Å². The van der Waals surface area contributed by atoms with Crippen molar-refractivity contribution >= 4 is 17.1 Å². The van der Waals surface area contributed by atoms with Crippen LogP contribution in [0.2, 0.25) is 0 Å². The fraction of sp³-hybridized carbons (Fsp3) is 0.500. The van der Waals surface area contributed by atoms with Gasteiger partial charge in [0.1, 0.15) is 11.4 Å². The van der Waals surface area contributed by atoms with Crippen molar-refractivity contribution in [2.24, 2.45) is 5.84 Å². The van der Waals surface area contributed by atoms with Crippen molar-refractivity contribution in [3.8, 4) is 0 Å². The summed E-state index contributed by atoms with van der Waals surface area (Å²) < 4.78 is 0. The molecule has 18 heavy (non-hydrogen) atoms. The highest BCUT2D eigenvalue weighted by molar-refractivity contribution is 5.76. The molecule has 0 radical (unpaired) electrons. The first-order chi connectivity index (χ1) is 8.65. The van der Waals surface area contributed by atoms with Gasteiger partial charge >= 0.3 is 5.69 Å². The van der Waals surface area contributed by atoms with E-state index in [9.17, 15) is 10.1 Å². The van der Waals surface area contributed by atoms with Crippen molar-refractivity contribution in [2.75, 3.05) is 23.4 Å². The van der Waals surface area contributed by atoms with Crippen LogP contribution in [-0.2, 0) is 0 Å². The third kappa shape index (κ3) is 3.10. The van der Waals surface area contributed by atoms with Gasteiger partial charge in [0.2, 0.25) is 0 Å². The number of nitrogens with two attached hydrogens (primary N) is 1. The molecule has 3 N–H and O–H groups in total. The Kier molecular flexibility index (Phi) is 5.38. The highest BCUT2D eigenvalue weighted by Crippen LogP contribution is 2.34. The molecule has 0 fully saturated rings. The van der Waals surface area contributed by atoms with Gasteiger partial charge in [-0.15, -0.1) is 0 Å². The van der Waals surface area contributed by atoms with Crippen molar-refractivity contribution in [3.63, 3.8) is 0 Å². The Morgan fingerprint density at radius 3 is 2.67 bits per heavy atom. The molecule has 0 aliphatic carbocycles. The number of hydrazine groups is 1. The van der Waals surface area contributed by atoms with E-state index in [0.29, 0.717) is 11.4 Å². The largest absolute Gasteiger partial charge is 0.366 e. The zero-order chi connectivity index (χ0) is 13.5. The molecule has 100 valence electrons.